The van der Waals surface area contributed by atoms with Gasteiger partial charge in [-0.3, -0.25) is 9.47 Å². The van der Waals surface area contributed by atoms with Gasteiger partial charge in [-0.05, 0) is 19.1 Å². The Hall–Kier alpha value is -2.29. The third-order valence-corrected chi connectivity index (χ3v) is 2.62. The maximum Gasteiger partial charge on any atom is 0.277 e. The molecule has 0 radical (unpaired) electrons. The predicted octanol–water partition coefficient (Wildman–Crippen LogP) is 2.54. The lowest BCUT2D eigenvalue weighted by molar-refractivity contribution is -0.115. The molecular formula is C14H14N2O. The van der Waals surface area contributed by atoms with Crippen LogP contribution in [0.25, 0.3) is 0 Å². The number of allylic oxidation sites excluding steroid dienone is 4. The van der Waals surface area contributed by atoms with Crippen LogP contribution in [0.1, 0.15) is 6.92 Å². The molecule has 17 heavy (non-hydrogen) atoms. The largest absolute Gasteiger partial charge is 0.277 e. The van der Waals surface area contributed by atoms with Gasteiger partial charge in [0.05, 0.1) is 5.70 Å². The molecule has 1 saturated heterocycles. The first-order chi connectivity index (χ1) is 8.16. The van der Waals surface area contributed by atoms with Crippen molar-refractivity contribution in [2.75, 3.05) is 5.01 Å². The van der Waals surface area contributed by atoms with Crippen LogP contribution in [0.3, 0.4) is 0 Å². The fraction of sp³-hybridized carbons (Fsp3) is 0.0714. The molecule has 0 bridgehead atoms. The highest BCUT2D eigenvalue weighted by Crippen LogP contribution is 2.29. The Morgan fingerprint density at radius 3 is 2.47 bits per heavy atom. The zero-order valence-electron chi connectivity index (χ0n) is 9.76. The lowest BCUT2D eigenvalue weighted by Crippen LogP contribution is -2.33. The van der Waals surface area contributed by atoms with E-state index >= 15 is 0 Å². The Kier molecular flexibility index (Phi) is 2.83. The molecule has 1 aromatic heterocycles. The summed E-state index contributed by atoms with van der Waals surface area (Å²) in [7, 11) is 0. The van der Waals surface area contributed by atoms with E-state index in [0.717, 1.165) is 5.57 Å². The summed E-state index contributed by atoms with van der Waals surface area (Å²) in [5.74, 6) is -0.137. The molecule has 2 rings (SSSR count). The molecule has 0 saturated carbocycles. The van der Waals surface area contributed by atoms with Crippen molar-refractivity contribution >= 4 is 5.91 Å². The summed E-state index contributed by atoms with van der Waals surface area (Å²) in [6.45, 7) is 9.68. The summed E-state index contributed by atoms with van der Waals surface area (Å²) < 4.78 is 1.70. The minimum atomic E-state index is -0.137. The van der Waals surface area contributed by atoms with Crippen LogP contribution in [-0.2, 0) is 4.79 Å². The van der Waals surface area contributed by atoms with Crippen molar-refractivity contribution in [1.82, 2.24) is 4.68 Å². The highest BCUT2D eigenvalue weighted by Gasteiger charge is 2.33. The topological polar surface area (TPSA) is 25.2 Å². The zero-order chi connectivity index (χ0) is 12.4. The zero-order valence-corrected chi connectivity index (χ0v) is 9.76. The molecule has 0 aromatic carbocycles. The van der Waals surface area contributed by atoms with Gasteiger partial charge in [0, 0.05) is 23.5 Å². The summed E-state index contributed by atoms with van der Waals surface area (Å²) in [5.41, 5.74) is 1.90. The molecule has 0 spiro atoms. The summed E-state index contributed by atoms with van der Waals surface area (Å²) in [4.78, 5) is 12.1. The van der Waals surface area contributed by atoms with E-state index in [1.54, 1.807) is 17.1 Å². The molecule has 3 heteroatoms. The van der Waals surface area contributed by atoms with Crippen LogP contribution in [0, 0.1) is 0 Å². The molecule has 0 aliphatic carbocycles. The molecule has 1 amide bonds. The Bertz CT molecular complexity index is 533. The van der Waals surface area contributed by atoms with Crippen molar-refractivity contribution in [3.05, 3.63) is 72.8 Å². The SMILES string of the molecule is C=C1C(=O)N(n2cccc2)C(=C)/C1=C/C=C\C. The maximum absolute atomic E-state index is 12.1. The van der Waals surface area contributed by atoms with Crippen molar-refractivity contribution < 1.29 is 4.79 Å². The molecule has 1 aliphatic rings. The highest BCUT2D eigenvalue weighted by atomic mass is 16.2. The van der Waals surface area contributed by atoms with Crippen molar-refractivity contribution in [3.8, 4) is 0 Å². The van der Waals surface area contributed by atoms with E-state index in [0.29, 0.717) is 11.3 Å². The van der Waals surface area contributed by atoms with Gasteiger partial charge in [-0.1, -0.05) is 31.4 Å². The van der Waals surface area contributed by atoms with E-state index in [-0.39, 0.29) is 5.91 Å². The van der Waals surface area contributed by atoms with Crippen LogP contribution in [0.4, 0.5) is 0 Å². The van der Waals surface area contributed by atoms with E-state index in [1.165, 1.54) is 5.01 Å². The second-order valence-electron chi connectivity index (χ2n) is 3.71. The van der Waals surface area contributed by atoms with Gasteiger partial charge in [-0.15, -0.1) is 0 Å². The number of hydrogen-bond acceptors (Lipinski definition) is 1. The van der Waals surface area contributed by atoms with Gasteiger partial charge in [0.2, 0.25) is 0 Å². The van der Waals surface area contributed by atoms with E-state index in [1.807, 2.05) is 37.3 Å². The molecular weight excluding hydrogens is 212 g/mol. The normalized spacial score (nSPS) is 19.0. The molecule has 1 aliphatic heterocycles. The third kappa shape index (κ3) is 1.76. The van der Waals surface area contributed by atoms with E-state index < -0.39 is 0 Å². The molecule has 3 nitrogen and oxygen atoms in total. The Balaban J connectivity index is 2.43. The lowest BCUT2D eigenvalue weighted by Gasteiger charge is -2.17. The number of amides is 1. The Morgan fingerprint density at radius 2 is 1.88 bits per heavy atom. The van der Waals surface area contributed by atoms with Crippen molar-refractivity contribution in [1.29, 1.82) is 0 Å². The quantitative estimate of drug-likeness (QED) is 0.711. The second kappa shape index (κ2) is 4.29. The average Bonchev–Trinajstić information content (AvgIpc) is 2.88. The van der Waals surface area contributed by atoms with Crippen LogP contribution < -0.4 is 5.01 Å². The number of aromatic nitrogens is 1. The molecule has 2 heterocycles. The summed E-state index contributed by atoms with van der Waals surface area (Å²) >= 11 is 0. The third-order valence-electron chi connectivity index (χ3n) is 2.62. The molecule has 0 unspecified atom stereocenters. The standard InChI is InChI=1S/C14H14N2O/c1-4-5-8-13-11(2)14(17)16(12(13)3)15-9-6-7-10-15/h4-10H,2-3H2,1H3/b5-4-,13-8+. The van der Waals surface area contributed by atoms with E-state index in [4.69, 9.17) is 0 Å². The van der Waals surface area contributed by atoms with Gasteiger partial charge in [0.1, 0.15) is 0 Å². The number of carbonyl (C=O) groups is 1. The van der Waals surface area contributed by atoms with Gasteiger partial charge >= 0.3 is 0 Å². The van der Waals surface area contributed by atoms with Crippen LogP contribution in [0.5, 0.6) is 0 Å². The lowest BCUT2D eigenvalue weighted by atomic mass is 10.1. The minimum Gasteiger partial charge on any atom is -0.267 e. The first-order valence-electron chi connectivity index (χ1n) is 5.36. The summed E-state index contributed by atoms with van der Waals surface area (Å²) in [6, 6.07) is 3.72. The van der Waals surface area contributed by atoms with Gasteiger partial charge in [0.25, 0.3) is 5.91 Å². The first kappa shape index (κ1) is 11.2. The molecule has 1 aromatic rings. The second-order valence-corrected chi connectivity index (χ2v) is 3.71. The number of carbonyl (C=O) groups excluding carboxylic acids is 1. The fourth-order valence-corrected chi connectivity index (χ4v) is 1.75. The van der Waals surface area contributed by atoms with E-state index in [2.05, 4.69) is 13.2 Å². The summed E-state index contributed by atoms with van der Waals surface area (Å²) in [6.07, 6.45) is 9.23. The van der Waals surface area contributed by atoms with Gasteiger partial charge < -0.3 is 0 Å². The number of hydrogen-bond donors (Lipinski definition) is 0. The Morgan fingerprint density at radius 1 is 1.24 bits per heavy atom. The summed E-state index contributed by atoms with van der Waals surface area (Å²) in [5, 5.41) is 1.51. The highest BCUT2D eigenvalue weighted by molar-refractivity contribution is 6.12. The maximum atomic E-state index is 12.1. The van der Waals surface area contributed by atoms with Crippen molar-refractivity contribution in [2.24, 2.45) is 0 Å². The van der Waals surface area contributed by atoms with Gasteiger partial charge in [0.15, 0.2) is 0 Å². The fourth-order valence-electron chi connectivity index (χ4n) is 1.75. The van der Waals surface area contributed by atoms with Crippen LogP contribution in [0.2, 0.25) is 0 Å². The first-order valence-corrected chi connectivity index (χ1v) is 5.36. The van der Waals surface area contributed by atoms with Crippen molar-refractivity contribution in [3.63, 3.8) is 0 Å². The van der Waals surface area contributed by atoms with Crippen molar-refractivity contribution in [2.45, 2.75) is 6.92 Å². The number of nitrogens with zero attached hydrogens (tertiary/aromatic N) is 2. The van der Waals surface area contributed by atoms with Crippen LogP contribution >= 0.6 is 0 Å². The van der Waals surface area contributed by atoms with Gasteiger partial charge in [-0.2, -0.15) is 0 Å². The van der Waals surface area contributed by atoms with Crippen LogP contribution in [-0.4, -0.2) is 10.6 Å². The smallest absolute Gasteiger partial charge is 0.267 e. The van der Waals surface area contributed by atoms with E-state index in [9.17, 15) is 4.79 Å². The minimum absolute atomic E-state index is 0.137. The molecule has 0 N–H and O–H groups in total. The van der Waals surface area contributed by atoms with Crippen LogP contribution in [0.15, 0.2) is 72.8 Å². The monoisotopic (exact) mass is 226 g/mol. The number of rotatable bonds is 2. The average molecular weight is 226 g/mol. The molecule has 0 atom stereocenters. The predicted molar refractivity (Wildman–Crippen MR) is 68.8 cm³/mol. The Labute approximate surface area is 101 Å². The van der Waals surface area contributed by atoms with Gasteiger partial charge in [-0.25, -0.2) is 5.01 Å². The molecule has 86 valence electrons. The molecule has 1 fully saturated rings.